The molecule has 0 amide bonds. The normalized spacial score (nSPS) is 13.0. The molecular weight excluding hydrogens is 206 g/mol. The van der Waals surface area contributed by atoms with Crippen molar-refractivity contribution in [2.45, 2.75) is 32.6 Å². The summed E-state index contributed by atoms with van der Waals surface area (Å²) >= 11 is 0. The molecule has 0 spiro atoms. The Morgan fingerprint density at radius 2 is 1.67 bits per heavy atom. The van der Waals surface area contributed by atoms with Gasteiger partial charge in [0.1, 0.15) is 0 Å². The Kier molecular flexibility index (Phi) is 7.45. The van der Waals surface area contributed by atoms with Crippen molar-refractivity contribution >= 4 is 12.4 Å². The van der Waals surface area contributed by atoms with Crippen LogP contribution in [-0.4, -0.2) is 14.1 Å². The van der Waals surface area contributed by atoms with Gasteiger partial charge in [0.05, 0.1) is 0 Å². The van der Waals surface area contributed by atoms with Gasteiger partial charge in [-0.1, -0.05) is 18.2 Å². The van der Waals surface area contributed by atoms with E-state index in [-0.39, 0.29) is 12.4 Å². The monoisotopic (exact) mass is 227 g/mol. The highest BCUT2D eigenvalue weighted by Gasteiger charge is 2.09. The van der Waals surface area contributed by atoms with Gasteiger partial charge >= 0.3 is 0 Å². The molecule has 2 rings (SSSR count). The summed E-state index contributed by atoms with van der Waals surface area (Å²) in [5.41, 5.74) is 4.71. The van der Waals surface area contributed by atoms with Crippen LogP contribution in [0.4, 0.5) is 0 Å². The number of hydrogen-bond donors (Lipinski definition) is 1. The minimum atomic E-state index is 0. The van der Waals surface area contributed by atoms with Gasteiger partial charge in [0.15, 0.2) is 0 Å². The van der Waals surface area contributed by atoms with Crippen molar-refractivity contribution < 1.29 is 0 Å². The molecule has 0 aliphatic heterocycles. The Morgan fingerprint density at radius 1 is 1.07 bits per heavy atom. The number of nitrogens with one attached hydrogen (secondary N) is 1. The van der Waals surface area contributed by atoms with Crippen LogP contribution in [0.5, 0.6) is 0 Å². The first-order valence-electron chi connectivity index (χ1n) is 5.45. The lowest BCUT2D eigenvalue weighted by atomic mass is 9.89. The molecular formula is C13H22ClN. The molecule has 1 aromatic carbocycles. The molecule has 0 saturated heterocycles. The fourth-order valence-electron chi connectivity index (χ4n) is 1.97. The first-order valence-corrected chi connectivity index (χ1v) is 5.45. The Labute approximate surface area is 99.7 Å². The van der Waals surface area contributed by atoms with Gasteiger partial charge in [-0.25, -0.2) is 0 Å². The second kappa shape index (κ2) is 7.72. The SMILES string of the molecule is CNC.Cc1cccc2c1CCCC2.Cl. The van der Waals surface area contributed by atoms with E-state index >= 15 is 0 Å². The molecule has 0 atom stereocenters. The molecule has 1 aromatic rings. The van der Waals surface area contributed by atoms with Crippen LogP contribution in [0.15, 0.2) is 18.2 Å². The summed E-state index contributed by atoms with van der Waals surface area (Å²) in [6.45, 7) is 2.23. The summed E-state index contributed by atoms with van der Waals surface area (Å²) in [5, 5.41) is 2.75. The van der Waals surface area contributed by atoms with E-state index in [1.54, 1.807) is 11.1 Å². The van der Waals surface area contributed by atoms with Crippen molar-refractivity contribution in [3.63, 3.8) is 0 Å². The van der Waals surface area contributed by atoms with E-state index in [4.69, 9.17) is 0 Å². The van der Waals surface area contributed by atoms with Crippen molar-refractivity contribution in [1.29, 1.82) is 0 Å². The summed E-state index contributed by atoms with van der Waals surface area (Å²) in [6.07, 6.45) is 5.38. The maximum absolute atomic E-state index is 2.75. The third-order valence-corrected chi connectivity index (χ3v) is 2.63. The highest BCUT2D eigenvalue weighted by atomic mass is 35.5. The molecule has 0 saturated carbocycles. The van der Waals surface area contributed by atoms with Gasteiger partial charge in [-0.15, -0.1) is 12.4 Å². The van der Waals surface area contributed by atoms with E-state index < -0.39 is 0 Å². The summed E-state index contributed by atoms with van der Waals surface area (Å²) in [5.74, 6) is 0. The van der Waals surface area contributed by atoms with Crippen LogP contribution in [0, 0.1) is 6.92 Å². The number of hydrogen-bond acceptors (Lipinski definition) is 1. The molecule has 1 aliphatic carbocycles. The summed E-state index contributed by atoms with van der Waals surface area (Å²) in [6, 6.07) is 6.69. The van der Waals surface area contributed by atoms with Gasteiger partial charge in [-0.05, 0) is 63.4 Å². The van der Waals surface area contributed by atoms with Crippen LogP contribution in [0.25, 0.3) is 0 Å². The Morgan fingerprint density at radius 3 is 2.27 bits per heavy atom. The third kappa shape index (κ3) is 4.23. The first kappa shape index (κ1) is 14.5. The van der Waals surface area contributed by atoms with Gasteiger partial charge in [0, 0.05) is 0 Å². The molecule has 2 heteroatoms. The smallest absolute Gasteiger partial charge is 0.0167 e. The molecule has 15 heavy (non-hydrogen) atoms. The maximum Gasteiger partial charge on any atom is -0.0167 e. The van der Waals surface area contributed by atoms with Crippen molar-refractivity contribution in [2.75, 3.05) is 14.1 Å². The van der Waals surface area contributed by atoms with Gasteiger partial charge < -0.3 is 5.32 Å². The average Bonchev–Trinajstić information content (AvgIpc) is 2.20. The Balaban J connectivity index is 0.000000443. The average molecular weight is 228 g/mol. The number of rotatable bonds is 0. The predicted molar refractivity (Wildman–Crippen MR) is 70.1 cm³/mol. The number of halogens is 1. The largest absolute Gasteiger partial charge is 0.323 e. The minimum Gasteiger partial charge on any atom is -0.323 e. The van der Waals surface area contributed by atoms with Crippen LogP contribution in [0.3, 0.4) is 0 Å². The zero-order valence-corrected chi connectivity index (χ0v) is 10.8. The van der Waals surface area contributed by atoms with Crippen LogP contribution < -0.4 is 5.32 Å². The van der Waals surface area contributed by atoms with Crippen molar-refractivity contribution in [3.05, 3.63) is 34.9 Å². The van der Waals surface area contributed by atoms with E-state index in [1.165, 1.54) is 31.2 Å². The van der Waals surface area contributed by atoms with Crippen LogP contribution >= 0.6 is 12.4 Å². The molecule has 1 nitrogen and oxygen atoms in total. The summed E-state index contributed by atoms with van der Waals surface area (Å²) in [7, 11) is 3.75. The van der Waals surface area contributed by atoms with E-state index in [2.05, 4.69) is 30.4 Å². The standard InChI is InChI=1S/C11H14.C2H7N.ClH/c1-9-5-4-7-10-6-2-3-8-11(9)10;1-3-2;/h4-5,7H,2-3,6,8H2,1H3;3H,1-2H3;1H. The Hall–Kier alpha value is -0.530. The minimum absolute atomic E-state index is 0. The zero-order chi connectivity index (χ0) is 10.4. The molecule has 0 aromatic heterocycles. The number of fused-ring (bicyclic) bond motifs is 1. The number of benzene rings is 1. The van der Waals surface area contributed by atoms with E-state index in [0.717, 1.165) is 0 Å². The van der Waals surface area contributed by atoms with Crippen LogP contribution in [-0.2, 0) is 12.8 Å². The molecule has 0 unspecified atom stereocenters. The first-order chi connectivity index (χ1) is 6.79. The molecule has 0 heterocycles. The van der Waals surface area contributed by atoms with Gasteiger partial charge in [0.25, 0.3) is 0 Å². The number of aryl methyl sites for hydroxylation is 2. The van der Waals surface area contributed by atoms with E-state index in [1.807, 2.05) is 14.1 Å². The molecule has 0 radical (unpaired) electrons. The van der Waals surface area contributed by atoms with Crippen LogP contribution in [0.2, 0.25) is 0 Å². The molecule has 0 fully saturated rings. The fraction of sp³-hybridized carbons (Fsp3) is 0.538. The van der Waals surface area contributed by atoms with Crippen molar-refractivity contribution in [3.8, 4) is 0 Å². The van der Waals surface area contributed by atoms with Gasteiger partial charge in [-0.2, -0.15) is 0 Å². The fourth-order valence-corrected chi connectivity index (χ4v) is 1.97. The van der Waals surface area contributed by atoms with E-state index in [0.29, 0.717) is 0 Å². The van der Waals surface area contributed by atoms with Crippen molar-refractivity contribution in [2.24, 2.45) is 0 Å². The molecule has 1 aliphatic rings. The highest BCUT2D eigenvalue weighted by molar-refractivity contribution is 5.85. The second-order valence-electron chi connectivity index (χ2n) is 3.92. The summed E-state index contributed by atoms with van der Waals surface area (Å²) < 4.78 is 0. The third-order valence-electron chi connectivity index (χ3n) is 2.63. The van der Waals surface area contributed by atoms with E-state index in [9.17, 15) is 0 Å². The quantitative estimate of drug-likeness (QED) is 0.718. The summed E-state index contributed by atoms with van der Waals surface area (Å²) in [4.78, 5) is 0. The topological polar surface area (TPSA) is 12.0 Å². The zero-order valence-electron chi connectivity index (χ0n) is 9.97. The lowest BCUT2D eigenvalue weighted by Gasteiger charge is -2.17. The highest BCUT2D eigenvalue weighted by Crippen LogP contribution is 2.23. The lowest BCUT2D eigenvalue weighted by Crippen LogP contribution is -2.03. The molecule has 0 bridgehead atoms. The molecule has 1 N–H and O–H groups in total. The Bertz CT molecular complexity index is 284. The second-order valence-corrected chi connectivity index (χ2v) is 3.92. The van der Waals surface area contributed by atoms with Gasteiger partial charge in [-0.3, -0.25) is 0 Å². The van der Waals surface area contributed by atoms with Crippen LogP contribution in [0.1, 0.15) is 29.5 Å². The predicted octanol–water partition coefficient (Wildman–Crippen LogP) is 3.13. The molecule has 86 valence electrons. The van der Waals surface area contributed by atoms with Gasteiger partial charge in [0.2, 0.25) is 0 Å². The lowest BCUT2D eigenvalue weighted by molar-refractivity contribution is 0.682. The maximum atomic E-state index is 2.75. The van der Waals surface area contributed by atoms with Crippen molar-refractivity contribution in [1.82, 2.24) is 5.32 Å².